The van der Waals surface area contributed by atoms with E-state index in [0.29, 0.717) is 17.0 Å². The minimum atomic E-state index is -1.04. The first-order valence-electron chi connectivity index (χ1n) is 6.07. The smallest absolute Gasteiger partial charge is 0.339 e. The third-order valence-electron chi connectivity index (χ3n) is 2.53. The van der Waals surface area contributed by atoms with Gasteiger partial charge in [-0.25, -0.2) is 9.59 Å². The van der Waals surface area contributed by atoms with Gasteiger partial charge < -0.3 is 9.84 Å². The maximum Gasteiger partial charge on any atom is 0.339 e. The van der Waals surface area contributed by atoms with E-state index in [4.69, 9.17) is 28.3 Å². The molecule has 0 aliphatic carbocycles. The van der Waals surface area contributed by atoms with Gasteiger partial charge in [-0.05, 0) is 26.0 Å². The van der Waals surface area contributed by atoms with Gasteiger partial charge in [0.1, 0.15) is 0 Å². The first-order chi connectivity index (χ1) is 10.8. The van der Waals surface area contributed by atoms with Crippen LogP contribution in [0.25, 0.3) is 0 Å². The second-order valence-electron chi connectivity index (χ2n) is 4.13. The largest absolute Gasteiger partial charge is 0.478 e. The van der Waals surface area contributed by atoms with Crippen molar-refractivity contribution in [2.75, 3.05) is 7.11 Å². The Bertz CT molecular complexity index is 740. The van der Waals surface area contributed by atoms with Gasteiger partial charge in [-0.15, -0.1) is 10.2 Å². The van der Waals surface area contributed by atoms with Crippen LogP contribution in [0.3, 0.4) is 0 Å². The highest BCUT2D eigenvalue weighted by atomic mass is 35.5. The fourth-order valence-electron chi connectivity index (χ4n) is 1.39. The minimum Gasteiger partial charge on any atom is -0.478 e. The van der Waals surface area contributed by atoms with Crippen LogP contribution < -0.4 is 0 Å². The molecule has 122 valence electrons. The van der Waals surface area contributed by atoms with Gasteiger partial charge >= 0.3 is 11.9 Å². The van der Waals surface area contributed by atoms with E-state index in [1.165, 1.54) is 19.2 Å². The topological polar surface area (TPSA) is 115 Å². The minimum absolute atomic E-state index is 0.0880. The number of methoxy groups -OCH3 is 1. The summed E-state index contributed by atoms with van der Waals surface area (Å²) in [6.45, 7) is 3.22. The van der Waals surface area contributed by atoms with Crippen molar-refractivity contribution < 1.29 is 19.4 Å². The summed E-state index contributed by atoms with van der Waals surface area (Å²) in [4.78, 5) is 21.5. The van der Waals surface area contributed by atoms with Gasteiger partial charge in [0.05, 0.1) is 29.6 Å². The van der Waals surface area contributed by atoms with Crippen LogP contribution in [0.2, 0.25) is 10.3 Å². The number of nitrogens with zero attached hydrogens (tertiary/aromatic N) is 4. The number of hydrogen-bond donors (Lipinski definition) is 1. The van der Waals surface area contributed by atoms with Gasteiger partial charge in [-0.3, -0.25) is 0 Å². The summed E-state index contributed by atoms with van der Waals surface area (Å²) in [5.41, 5.74) is 1.30. The van der Waals surface area contributed by atoms with Crippen molar-refractivity contribution in [3.05, 3.63) is 45.0 Å². The molecule has 0 unspecified atom stereocenters. The average molecular weight is 359 g/mol. The van der Waals surface area contributed by atoms with Crippen molar-refractivity contribution in [3.63, 3.8) is 0 Å². The maximum atomic E-state index is 11.0. The molecule has 0 spiro atoms. The average Bonchev–Trinajstić information content (AvgIpc) is 2.51. The van der Waals surface area contributed by atoms with E-state index in [2.05, 4.69) is 25.1 Å². The van der Waals surface area contributed by atoms with Crippen molar-refractivity contribution >= 4 is 35.1 Å². The number of rotatable bonds is 2. The number of halogens is 2. The zero-order valence-corrected chi connectivity index (χ0v) is 13.9. The van der Waals surface area contributed by atoms with E-state index in [-0.39, 0.29) is 15.9 Å². The molecule has 10 heteroatoms. The molecule has 2 aromatic rings. The van der Waals surface area contributed by atoms with Gasteiger partial charge in [-0.1, -0.05) is 23.2 Å². The first kappa shape index (κ1) is 18.7. The van der Waals surface area contributed by atoms with Gasteiger partial charge in [0.15, 0.2) is 10.3 Å². The molecule has 0 aliphatic heterocycles. The van der Waals surface area contributed by atoms with Crippen molar-refractivity contribution in [2.45, 2.75) is 13.8 Å². The SMILES string of the molecule is COC(=O)c1cc(Cl)nnc1C.Cc1nnc(Cl)cc1C(=O)O. The fourth-order valence-corrected chi connectivity index (χ4v) is 1.68. The second kappa shape index (κ2) is 8.35. The summed E-state index contributed by atoms with van der Waals surface area (Å²) in [7, 11) is 1.30. The monoisotopic (exact) mass is 358 g/mol. The molecular weight excluding hydrogens is 347 g/mol. The molecule has 0 fully saturated rings. The summed E-state index contributed by atoms with van der Waals surface area (Å²) in [6.07, 6.45) is 0. The highest BCUT2D eigenvalue weighted by molar-refractivity contribution is 6.29. The zero-order chi connectivity index (χ0) is 17.6. The third kappa shape index (κ3) is 5.42. The Labute approximate surface area is 141 Å². The lowest BCUT2D eigenvalue weighted by molar-refractivity contribution is 0.0598. The summed E-state index contributed by atoms with van der Waals surface area (Å²) in [6, 6.07) is 2.70. The number of aromatic nitrogens is 4. The van der Waals surface area contributed by atoms with Crippen molar-refractivity contribution in [1.82, 2.24) is 20.4 Å². The lowest BCUT2D eigenvalue weighted by Crippen LogP contribution is -2.06. The number of carbonyl (C=O) groups excluding carboxylic acids is 1. The summed E-state index contributed by atoms with van der Waals surface area (Å²) in [5, 5.41) is 23.1. The molecule has 0 radical (unpaired) electrons. The van der Waals surface area contributed by atoms with Gasteiger partial charge in [-0.2, -0.15) is 10.2 Å². The first-order valence-corrected chi connectivity index (χ1v) is 6.83. The van der Waals surface area contributed by atoms with Gasteiger partial charge in [0.2, 0.25) is 0 Å². The fraction of sp³-hybridized carbons (Fsp3) is 0.231. The molecule has 2 heterocycles. The second-order valence-corrected chi connectivity index (χ2v) is 4.90. The number of carboxylic acid groups (broad SMARTS) is 1. The number of esters is 1. The molecule has 0 saturated heterocycles. The molecule has 1 N–H and O–H groups in total. The number of ether oxygens (including phenoxy) is 1. The molecule has 0 atom stereocenters. The summed E-state index contributed by atoms with van der Waals surface area (Å²) >= 11 is 11.0. The van der Waals surface area contributed by atoms with E-state index in [0.717, 1.165) is 0 Å². The predicted octanol–water partition coefficient (Wildman–Crippen LogP) is 2.36. The number of aryl methyl sites for hydroxylation is 2. The number of aromatic carboxylic acids is 1. The summed E-state index contributed by atoms with van der Waals surface area (Å²) < 4.78 is 4.51. The van der Waals surface area contributed by atoms with Crippen LogP contribution in [-0.4, -0.2) is 44.5 Å². The van der Waals surface area contributed by atoms with Crippen LogP contribution in [-0.2, 0) is 4.74 Å². The highest BCUT2D eigenvalue weighted by Gasteiger charge is 2.11. The van der Waals surface area contributed by atoms with Gasteiger partial charge in [0.25, 0.3) is 0 Å². The molecule has 2 aromatic heterocycles. The van der Waals surface area contributed by atoms with Crippen molar-refractivity contribution in [2.24, 2.45) is 0 Å². The van der Waals surface area contributed by atoms with E-state index in [1.54, 1.807) is 13.8 Å². The van der Waals surface area contributed by atoms with Crippen LogP contribution in [0.4, 0.5) is 0 Å². The molecule has 0 saturated carbocycles. The number of carbonyl (C=O) groups is 2. The highest BCUT2D eigenvalue weighted by Crippen LogP contribution is 2.10. The Balaban J connectivity index is 0.000000231. The molecule has 0 bridgehead atoms. The maximum absolute atomic E-state index is 11.0. The molecule has 0 amide bonds. The van der Waals surface area contributed by atoms with E-state index in [9.17, 15) is 9.59 Å². The van der Waals surface area contributed by atoms with Crippen LogP contribution >= 0.6 is 23.2 Å². The Morgan fingerprint density at radius 3 is 1.78 bits per heavy atom. The lowest BCUT2D eigenvalue weighted by Gasteiger charge is -2.00. The standard InChI is InChI=1S/C7H7ClN2O2.C6H5ClN2O2/c1-4-5(7(11)12-2)3-6(8)10-9-4;1-3-4(6(10)11)2-5(7)9-8-3/h3H,1-2H3;2H,1H3,(H,10,11). The van der Waals surface area contributed by atoms with Crippen LogP contribution in [0.15, 0.2) is 12.1 Å². The molecule has 0 aliphatic rings. The lowest BCUT2D eigenvalue weighted by atomic mass is 10.2. The quantitative estimate of drug-likeness (QED) is 0.813. The van der Waals surface area contributed by atoms with Crippen LogP contribution in [0.5, 0.6) is 0 Å². The molecule has 23 heavy (non-hydrogen) atoms. The van der Waals surface area contributed by atoms with Crippen molar-refractivity contribution in [3.8, 4) is 0 Å². The number of hydrogen-bond acceptors (Lipinski definition) is 7. The molecule has 0 aromatic carbocycles. The summed E-state index contributed by atoms with van der Waals surface area (Å²) in [5.74, 6) is -1.50. The Hall–Kier alpha value is -2.32. The molecule has 8 nitrogen and oxygen atoms in total. The van der Waals surface area contributed by atoms with Crippen molar-refractivity contribution in [1.29, 1.82) is 0 Å². The molecule has 2 rings (SSSR count). The van der Waals surface area contributed by atoms with E-state index in [1.807, 2.05) is 0 Å². The Morgan fingerprint density at radius 1 is 0.957 bits per heavy atom. The van der Waals surface area contributed by atoms with E-state index >= 15 is 0 Å². The van der Waals surface area contributed by atoms with Crippen LogP contribution in [0.1, 0.15) is 32.1 Å². The van der Waals surface area contributed by atoms with Gasteiger partial charge in [0, 0.05) is 0 Å². The number of carboxylic acids is 1. The van der Waals surface area contributed by atoms with E-state index < -0.39 is 11.9 Å². The third-order valence-corrected chi connectivity index (χ3v) is 2.90. The molecular formula is C13H12Cl2N4O4. The predicted molar refractivity (Wildman–Crippen MR) is 81.9 cm³/mol. The zero-order valence-electron chi connectivity index (χ0n) is 12.4. The Morgan fingerprint density at radius 2 is 1.39 bits per heavy atom. The Kier molecular flexibility index (Phi) is 6.80. The van der Waals surface area contributed by atoms with Crippen LogP contribution in [0, 0.1) is 13.8 Å². The normalized spacial score (nSPS) is 9.61.